The molecule has 0 amide bonds. The zero-order valence-electron chi connectivity index (χ0n) is 32.2. The molecule has 6 aromatic carbocycles. The number of ether oxygens (including phenoxy) is 4. The van der Waals surface area contributed by atoms with Gasteiger partial charge in [0.1, 0.15) is 34.5 Å². The molecule has 0 saturated heterocycles. The molecule has 0 saturated carbocycles. The van der Waals surface area contributed by atoms with E-state index in [1.165, 1.54) is 0 Å². The minimum Gasteiger partial charge on any atom is -0.457 e. The molecule has 0 aliphatic carbocycles. The smallest absolute Gasteiger partial charge is 0.234 e. The van der Waals surface area contributed by atoms with Gasteiger partial charge in [-0.1, -0.05) is 60.3 Å². The normalized spacial score (nSPS) is 11.8. The van der Waals surface area contributed by atoms with Crippen LogP contribution in [0.4, 0.5) is 17.1 Å². The number of fused-ring (bicyclic) bond motifs is 5. The number of aromatic nitrogens is 5. The van der Waals surface area contributed by atoms with Crippen LogP contribution in [0.2, 0.25) is 0 Å². The number of pyridine rings is 2. The van der Waals surface area contributed by atoms with Crippen LogP contribution in [0.15, 0.2) is 204 Å². The molecule has 0 atom stereocenters. The Morgan fingerprint density at radius 2 is 0.852 bits per heavy atom. The average Bonchev–Trinajstić information content (AvgIpc) is 3.62. The predicted molar refractivity (Wildman–Crippen MR) is 237 cm³/mol. The molecule has 0 unspecified atom stereocenters. The summed E-state index contributed by atoms with van der Waals surface area (Å²) in [7, 11) is 0. The fraction of sp³-hybridized carbons (Fsp3) is 0. The van der Waals surface area contributed by atoms with Crippen molar-refractivity contribution in [3.05, 3.63) is 195 Å². The van der Waals surface area contributed by atoms with Gasteiger partial charge < -0.3 is 23.8 Å². The molecule has 11 rings (SSSR count). The van der Waals surface area contributed by atoms with Gasteiger partial charge in [0, 0.05) is 69.4 Å². The number of hydrogen-bond donors (Lipinski definition) is 0. The van der Waals surface area contributed by atoms with E-state index in [4.69, 9.17) is 28.9 Å². The summed E-state index contributed by atoms with van der Waals surface area (Å²) in [6, 6.07) is 54.9. The molecule has 1 aliphatic rings. The van der Waals surface area contributed by atoms with E-state index < -0.39 is 0 Å². The minimum absolute atomic E-state index is 0.488. The minimum atomic E-state index is 0.488. The first-order valence-electron chi connectivity index (χ1n) is 19.5. The number of nitrogens with zero attached hydrogens (tertiary/aromatic N) is 6. The summed E-state index contributed by atoms with van der Waals surface area (Å²) in [6.45, 7) is 0. The highest BCUT2D eigenvalue weighted by molar-refractivity contribution is 7.99. The van der Waals surface area contributed by atoms with Crippen molar-refractivity contribution >= 4 is 50.6 Å². The second kappa shape index (κ2) is 15.6. The summed E-state index contributed by atoms with van der Waals surface area (Å²) < 4.78 is 27.0. The zero-order valence-corrected chi connectivity index (χ0v) is 33.0. The maximum atomic E-state index is 6.47. The van der Waals surface area contributed by atoms with Crippen molar-refractivity contribution in [1.29, 1.82) is 0 Å². The van der Waals surface area contributed by atoms with E-state index in [1.54, 1.807) is 24.2 Å². The fourth-order valence-electron chi connectivity index (χ4n) is 7.38. The molecule has 1 aliphatic heterocycles. The highest BCUT2D eigenvalue weighted by atomic mass is 32.2. The summed E-state index contributed by atoms with van der Waals surface area (Å²) in [5.74, 6) is 5.19. The van der Waals surface area contributed by atoms with Crippen molar-refractivity contribution in [3.8, 4) is 52.2 Å². The van der Waals surface area contributed by atoms with Gasteiger partial charge >= 0.3 is 0 Å². The Bertz CT molecular complexity index is 3010. The Balaban J connectivity index is 0.986. The van der Waals surface area contributed by atoms with E-state index in [-0.39, 0.29) is 0 Å². The van der Waals surface area contributed by atoms with Crippen LogP contribution >= 0.6 is 11.8 Å². The van der Waals surface area contributed by atoms with E-state index in [0.29, 0.717) is 52.2 Å². The van der Waals surface area contributed by atoms with Crippen LogP contribution in [-0.4, -0.2) is 24.5 Å². The van der Waals surface area contributed by atoms with Crippen LogP contribution in [0.1, 0.15) is 0 Å². The molecule has 0 spiro atoms. The van der Waals surface area contributed by atoms with Crippen molar-refractivity contribution in [3.63, 3.8) is 0 Å². The van der Waals surface area contributed by atoms with E-state index in [0.717, 1.165) is 48.7 Å². The summed E-state index contributed by atoms with van der Waals surface area (Å²) in [6.07, 6.45) is 7.15. The number of benzene rings is 6. The Morgan fingerprint density at radius 3 is 1.34 bits per heavy atom. The molecule has 11 heteroatoms. The van der Waals surface area contributed by atoms with Gasteiger partial charge in [0.25, 0.3) is 0 Å². The third-order valence-corrected chi connectivity index (χ3v) is 11.2. The molecule has 0 N–H and O–H groups in total. The summed E-state index contributed by atoms with van der Waals surface area (Å²) in [5, 5.41) is 1.99. The first kappa shape index (κ1) is 36.0. The van der Waals surface area contributed by atoms with E-state index in [1.807, 2.05) is 126 Å². The Kier molecular flexibility index (Phi) is 9.17. The Hall–Kier alpha value is -8.15. The number of hydrogen-bond acceptors (Lipinski definition) is 10. The van der Waals surface area contributed by atoms with Crippen LogP contribution in [-0.2, 0) is 0 Å². The van der Waals surface area contributed by atoms with Gasteiger partial charge in [-0.15, -0.1) is 0 Å². The maximum Gasteiger partial charge on any atom is 0.234 e. The predicted octanol–water partition coefficient (Wildman–Crippen LogP) is 13.5. The van der Waals surface area contributed by atoms with Crippen molar-refractivity contribution in [1.82, 2.24) is 24.5 Å². The quantitative estimate of drug-likeness (QED) is 0.133. The van der Waals surface area contributed by atoms with E-state index in [2.05, 4.69) is 75.5 Å². The van der Waals surface area contributed by atoms with Crippen molar-refractivity contribution in [2.45, 2.75) is 9.79 Å². The second-order valence-electron chi connectivity index (χ2n) is 14.0. The standard InChI is InChI=1S/C50H32N6O4S/c1-3-17-46-42(15-1)55(43-16-2-4-18-47(43)61-46)33-31-53-50(54-32-33)56-44-29-38(57-34-11-9-13-36(27-34)59-48-19-5-7-25-51-48)21-23-40(44)41-24-22-39(30-45(41)56)58-35-12-10-14-37(28-35)60-49-20-6-8-26-52-49/h1-32H. The van der Waals surface area contributed by atoms with Crippen LogP contribution in [0.3, 0.4) is 0 Å². The van der Waals surface area contributed by atoms with Gasteiger partial charge in [0.2, 0.25) is 17.7 Å². The molecule has 5 heterocycles. The first-order chi connectivity index (χ1) is 30.2. The van der Waals surface area contributed by atoms with Crippen molar-refractivity contribution in [2.75, 3.05) is 4.90 Å². The first-order valence-corrected chi connectivity index (χ1v) is 20.3. The molecule has 10 nitrogen and oxygen atoms in total. The lowest BCUT2D eigenvalue weighted by Gasteiger charge is -2.32. The molecule has 61 heavy (non-hydrogen) atoms. The SMILES string of the molecule is c1ccc(Oc2cccc(Oc3ccc4c5ccc(Oc6cccc(Oc7ccccn7)c6)cc5n(-c5ncc(N6c7ccccc7Sc7ccccc76)cn5)c4c3)c2)nc1. The highest BCUT2D eigenvalue weighted by Gasteiger charge is 2.25. The van der Waals surface area contributed by atoms with Crippen LogP contribution in [0, 0.1) is 0 Å². The summed E-state index contributed by atoms with van der Waals surface area (Å²) in [4.78, 5) is 23.2. The molecule has 0 radical (unpaired) electrons. The van der Waals surface area contributed by atoms with Gasteiger partial charge in [-0.3, -0.25) is 4.57 Å². The van der Waals surface area contributed by atoms with Gasteiger partial charge in [-0.05, 0) is 84.9 Å². The van der Waals surface area contributed by atoms with Gasteiger partial charge in [-0.2, -0.15) is 0 Å². The third-order valence-electron chi connectivity index (χ3n) is 10.0. The lowest BCUT2D eigenvalue weighted by molar-refractivity contribution is 0.448. The fourth-order valence-corrected chi connectivity index (χ4v) is 8.44. The van der Waals surface area contributed by atoms with E-state index in [9.17, 15) is 0 Å². The molecular formula is C50H32N6O4S. The third kappa shape index (κ3) is 7.19. The van der Waals surface area contributed by atoms with Crippen LogP contribution < -0.4 is 23.8 Å². The number of rotatable bonds is 10. The second-order valence-corrected chi connectivity index (χ2v) is 15.1. The Morgan fingerprint density at radius 1 is 0.393 bits per heavy atom. The maximum absolute atomic E-state index is 6.47. The van der Waals surface area contributed by atoms with Gasteiger partial charge in [0.15, 0.2) is 0 Å². The lowest BCUT2D eigenvalue weighted by Crippen LogP contribution is -2.15. The molecule has 4 aromatic heterocycles. The molecule has 292 valence electrons. The number of para-hydroxylation sites is 2. The Labute approximate surface area is 354 Å². The van der Waals surface area contributed by atoms with Crippen molar-refractivity contribution < 1.29 is 18.9 Å². The summed E-state index contributed by atoms with van der Waals surface area (Å²) >= 11 is 1.76. The lowest BCUT2D eigenvalue weighted by atomic mass is 10.1. The topological polar surface area (TPSA) is 96.6 Å². The van der Waals surface area contributed by atoms with Crippen LogP contribution in [0.25, 0.3) is 27.8 Å². The zero-order chi connectivity index (χ0) is 40.5. The average molecular weight is 813 g/mol. The molecular weight excluding hydrogens is 781 g/mol. The monoisotopic (exact) mass is 812 g/mol. The summed E-state index contributed by atoms with van der Waals surface area (Å²) in [5.41, 5.74) is 4.71. The van der Waals surface area contributed by atoms with Crippen LogP contribution in [0.5, 0.6) is 46.3 Å². The largest absolute Gasteiger partial charge is 0.457 e. The molecule has 0 bridgehead atoms. The van der Waals surface area contributed by atoms with E-state index >= 15 is 0 Å². The van der Waals surface area contributed by atoms with Gasteiger partial charge in [-0.25, -0.2) is 19.9 Å². The molecule has 0 fully saturated rings. The number of anilines is 3. The highest BCUT2D eigenvalue weighted by Crippen LogP contribution is 2.51. The molecule has 10 aromatic rings. The van der Waals surface area contributed by atoms with Crippen molar-refractivity contribution in [2.24, 2.45) is 0 Å². The van der Waals surface area contributed by atoms with Gasteiger partial charge in [0.05, 0.1) is 40.5 Å².